The number of carbonyl (C=O) groups is 2. The van der Waals surface area contributed by atoms with Crippen LogP contribution in [0.3, 0.4) is 0 Å². The number of aromatic nitrogens is 4. The van der Waals surface area contributed by atoms with Gasteiger partial charge in [0.2, 0.25) is 5.91 Å². The molecule has 0 atom stereocenters. The number of amides is 1. The van der Waals surface area contributed by atoms with E-state index in [2.05, 4.69) is 20.1 Å². The summed E-state index contributed by atoms with van der Waals surface area (Å²) in [5, 5.41) is 5.05. The molecule has 3 aromatic rings. The van der Waals surface area contributed by atoms with Crippen LogP contribution in [-0.4, -0.2) is 49.2 Å². The van der Waals surface area contributed by atoms with Crippen molar-refractivity contribution in [2.75, 3.05) is 12.8 Å². The fourth-order valence-electron chi connectivity index (χ4n) is 3.90. The van der Waals surface area contributed by atoms with Gasteiger partial charge in [-0.2, -0.15) is 18.3 Å². The molecule has 2 N–H and O–H groups in total. The van der Waals surface area contributed by atoms with Crippen molar-refractivity contribution in [2.24, 2.45) is 4.99 Å². The lowest BCUT2D eigenvalue weighted by Crippen LogP contribution is -2.38. The normalized spacial score (nSPS) is 12.7. The van der Waals surface area contributed by atoms with E-state index in [4.69, 9.17) is 5.73 Å². The molecule has 0 fully saturated rings. The number of hydrogen-bond acceptors (Lipinski definition) is 7. The van der Waals surface area contributed by atoms with Gasteiger partial charge in [0.25, 0.3) is 0 Å². The molecule has 0 bridgehead atoms. The number of ketones is 1. The molecule has 0 aliphatic carbocycles. The molecular formula is C25H28F3N7O2. The lowest BCUT2D eigenvalue weighted by molar-refractivity contribution is -0.139. The number of carbonyl (C=O) groups excluding carboxylic acids is 2. The average Bonchev–Trinajstić information content (AvgIpc) is 3.23. The van der Waals surface area contributed by atoms with Gasteiger partial charge in [0, 0.05) is 20.4 Å². The molecule has 1 amide bonds. The van der Waals surface area contributed by atoms with Crippen molar-refractivity contribution in [3.05, 3.63) is 53.5 Å². The Bertz CT molecular complexity index is 1380. The lowest BCUT2D eigenvalue weighted by atomic mass is 10.0. The molecule has 0 aliphatic heterocycles. The molecule has 0 spiro atoms. The van der Waals surface area contributed by atoms with Gasteiger partial charge in [-0.05, 0) is 29.7 Å². The van der Waals surface area contributed by atoms with E-state index in [-0.39, 0.29) is 36.1 Å². The molecule has 0 saturated heterocycles. The van der Waals surface area contributed by atoms with Crippen molar-refractivity contribution < 1.29 is 22.8 Å². The summed E-state index contributed by atoms with van der Waals surface area (Å²) >= 11 is 0. The number of anilines is 1. The van der Waals surface area contributed by atoms with Crippen LogP contribution in [0.5, 0.6) is 0 Å². The lowest BCUT2D eigenvalue weighted by Gasteiger charge is -2.24. The third kappa shape index (κ3) is 6.01. The second kappa shape index (κ2) is 11.3. The maximum absolute atomic E-state index is 13.6. The predicted octanol–water partition coefficient (Wildman–Crippen LogP) is 4.28. The van der Waals surface area contributed by atoms with Gasteiger partial charge in [0.05, 0.1) is 17.5 Å². The first-order valence-corrected chi connectivity index (χ1v) is 11.6. The fraction of sp³-hybridized carbons (Fsp3) is 0.360. The van der Waals surface area contributed by atoms with Gasteiger partial charge in [-0.15, -0.1) is 0 Å². The molecule has 0 saturated carbocycles. The standard InChI is InChI=1S/C25H28F3N7O2/c1-5-16(11-18(37)6-2)22-21-23(29)31-14-32-24(21)35(33-22)13-20(30-4)34(15(3)36)12-17-9-7-8-10-19(17)25(26,27)28/h7-11,14H,5-6,12-13H2,1-4H3,(H2,29,31,32)/b16-11+,30-20?. The first kappa shape index (κ1) is 27.5. The van der Waals surface area contributed by atoms with Crippen LogP contribution in [0.15, 0.2) is 41.7 Å². The summed E-state index contributed by atoms with van der Waals surface area (Å²) in [5.41, 5.74) is 6.63. The molecule has 2 aromatic heterocycles. The Morgan fingerprint density at radius 1 is 1.16 bits per heavy atom. The zero-order valence-corrected chi connectivity index (χ0v) is 21.0. The Kier molecular flexibility index (Phi) is 8.41. The van der Waals surface area contributed by atoms with Crippen LogP contribution in [0.4, 0.5) is 19.0 Å². The molecule has 9 nitrogen and oxygen atoms in total. The van der Waals surface area contributed by atoms with Crippen LogP contribution in [0.2, 0.25) is 0 Å². The predicted molar refractivity (Wildman–Crippen MR) is 134 cm³/mol. The van der Waals surface area contributed by atoms with E-state index in [9.17, 15) is 22.8 Å². The molecule has 37 heavy (non-hydrogen) atoms. The average molecular weight is 516 g/mol. The Labute approximate surface area is 211 Å². The summed E-state index contributed by atoms with van der Waals surface area (Å²) in [6.45, 7) is 4.44. The Morgan fingerprint density at radius 2 is 1.86 bits per heavy atom. The van der Waals surface area contributed by atoms with Crippen molar-refractivity contribution >= 4 is 40.0 Å². The van der Waals surface area contributed by atoms with Crippen molar-refractivity contribution in [1.82, 2.24) is 24.6 Å². The summed E-state index contributed by atoms with van der Waals surface area (Å²) in [7, 11) is 1.44. The minimum atomic E-state index is -4.58. The molecule has 0 radical (unpaired) electrons. The molecule has 12 heteroatoms. The van der Waals surface area contributed by atoms with Crippen LogP contribution in [0, 0.1) is 0 Å². The minimum Gasteiger partial charge on any atom is -0.383 e. The quantitative estimate of drug-likeness (QED) is 0.272. The second-order valence-corrected chi connectivity index (χ2v) is 8.21. The number of fused-ring (bicyclic) bond motifs is 1. The largest absolute Gasteiger partial charge is 0.416 e. The number of hydrogen-bond donors (Lipinski definition) is 1. The van der Waals surface area contributed by atoms with Gasteiger partial charge in [-0.3, -0.25) is 19.5 Å². The van der Waals surface area contributed by atoms with Gasteiger partial charge in [0.15, 0.2) is 11.4 Å². The fourth-order valence-corrected chi connectivity index (χ4v) is 3.90. The van der Waals surface area contributed by atoms with Crippen LogP contribution in [0.25, 0.3) is 16.6 Å². The van der Waals surface area contributed by atoms with E-state index >= 15 is 0 Å². The molecule has 196 valence electrons. The first-order valence-electron chi connectivity index (χ1n) is 11.6. The van der Waals surface area contributed by atoms with Crippen LogP contribution in [0.1, 0.15) is 50.4 Å². The zero-order chi connectivity index (χ0) is 27.3. The number of rotatable bonds is 8. The number of nitrogens with zero attached hydrogens (tertiary/aromatic N) is 6. The zero-order valence-electron chi connectivity index (χ0n) is 21.0. The van der Waals surface area contributed by atoms with Gasteiger partial charge in [-0.1, -0.05) is 32.0 Å². The van der Waals surface area contributed by atoms with E-state index in [0.717, 1.165) is 6.07 Å². The molecular weight excluding hydrogens is 487 g/mol. The SMILES string of the molecule is CCC(=O)/C=C(\CC)c1nn(CC(=NC)N(Cc2ccccc2C(F)(F)F)C(C)=O)c2ncnc(N)c12. The number of nitrogen functional groups attached to an aromatic ring is 1. The highest BCUT2D eigenvalue weighted by Crippen LogP contribution is 2.33. The summed E-state index contributed by atoms with van der Waals surface area (Å²) in [6.07, 6.45) is -1.02. The third-order valence-electron chi connectivity index (χ3n) is 5.82. The van der Waals surface area contributed by atoms with Crippen LogP contribution < -0.4 is 5.73 Å². The van der Waals surface area contributed by atoms with Crippen molar-refractivity contribution in [1.29, 1.82) is 0 Å². The number of allylic oxidation sites excluding steroid dienone is 2. The number of nitrogens with two attached hydrogens (primary N) is 1. The summed E-state index contributed by atoms with van der Waals surface area (Å²) in [5.74, 6) is -0.251. The number of benzene rings is 1. The highest BCUT2D eigenvalue weighted by Gasteiger charge is 2.34. The maximum Gasteiger partial charge on any atom is 0.416 e. The second-order valence-electron chi connectivity index (χ2n) is 8.21. The van der Waals surface area contributed by atoms with Crippen LogP contribution in [-0.2, 0) is 28.9 Å². The number of amidine groups is 1. The first-order chi connectivity index (χ1) is 17.5. The van der Waals surface area contributed by atoms with Gasteiger partial charge in [0.1, 0.15) is 30.2 Å². The number of alkyl halides is 3. The van der Waals surface area contributed by atoms with E-state index in [0.29, 0.717) is 35.1 Å². The monoisotopic (exact) mass is 515 g/mol. The summed E-state index contributed by atoms with van der Waals surface area (Å²) in [4.78, 5) is 38.4. The van der Waals surface area contributed by atoms with Gasteiger partial charge < -0.3 is 5.73 Å². The molecule has 2 heterocycles. The maximum atomic E-state index is 13.6. The van der Waals surface area contributed by atoms with E-state index in [1.165, 1.54) is 54.2 Å². The molecule has 0 unspecified atom stereocenters. The Hall–Kier alpha value is -4.09. The molecule has 0 aliphatic rings. The summed E-state index contributed by atoms with van der Waals surface area (Å²) < 4.78 is 42.2. The highest BCUT2D eigenvalue weighted by molar-refractivity contribution is 6.03. The smallest absolute Gasteiger partial charge is 0.383 e. The van der Waals surface area contributed by atoms with Gasteiger partial charge in [-0.25, -0.2) is 14.6 Å². The Balaban J connectivity index is 2.08. The third-order valence-corrected chi connectivity index (χ3v) is 5.82. The van der Waals surface area contributed by atoms with E-state index in [1.807, 2.05) is 6.92 Å². The summed E-state index contributed by atoms with van der Waals surface area (Å²) in [6, 6.07) is 5.07. The highest BCUT2D eigenvalue weighted by atomic mass is 19.4. The molecule has 1 aromatic carbocycles. The van der Waals surface area contributed by atoms with E-state index < -0.39 is 17.6 Å². The van der Waals surface area contributed by atoms with Crippen LogP contribution >= 0.6 is 0 Å². The number of aliphatic imine (C=N–C) groups is 1. The van der Waals surface area contributed by atoms with Crippen molar-refractivity contribution in [2.45, 2.75) is 52.9 Å². The number of halogens is 3. The van der Waals surface area contributed by atoms with Gasteiger partial charge >= 0.3 is 6.18 Å². The van der Waals surface area contributed by atoms with Crippen molar-refractivity contribution in [3.8, 4) is 0 Å². The minimum absolute atomic E-state index is 0.0711. The van der Waals surface area contributed by atoms with Crippen molar-refractivity contribution in [3.63, 3.8) is 0 Å². The molecule has 3 rings (SSSR count). The topological polar surface area (TPSA) is 119 Å². The van der Waals surface area contributed by atoms with E-state index in [1.54, 1.807) is 6.92 Å². The Morgan fingerprint density at radius 3 is 2.46 bits per heavy atom.